The van der Waals surface area contributed by atoms with Gasteiger partial charge >= 0.3 is 0 Å². The molecule has 0 aliphatic carbocycles. The highest BCUT2D eigenvalue weighted by molar-refractivity contribution is 7.92. The van der Waals surface area contributed by atoms with Gasteiger partial charge in [0.25, 0.3) is 0 Å². The summed E-state index contributed by atoms with van der Waals surface area (Å²) in [5.41, 5.74) is 3.06. The van der Waals surface area contributed by atoms with Crippen molar-refractivity contribution in [2.24, 2.45) is 0 Å². The van der Waals surface area contributed by atoms with Crippen molar-refractivity contribution >= 4 is 21.3 Å². The molecule has 0 amide bonds. The number of nitrogens with one attached hydrogen (secondary N) is 1. The molecule has 7 nitrogen and oxygen atoms in total. The molecule has 8 heteroatoms. The monoisotopic (exact) mass is 357 g/mol. The van der Waals surface area contributed by atoms with Crippen molar-refractivity contribution in [3.8, 4) is 11.1 Å². The van der Waals surface area contributed by atoms with Gasteiger partial charge in [0.1, 0.15) is 0 Å². The van der Waals surface area contributed by atoms with Gasteiger partial charge in [-0.3, -0.25) is 10.5 Å². The predicted molar refractivity (Wildman–Crippen MR) is 92.6 cm³/mol. The molecule has 128 valence electrons. The van der Waals surface area contributed by atoms with E-state index in [2.05, 4.69) is 15.5 Å². The van der Waals surface area contributed by atoms with Crippen LogP contribution in [0.2, 0.25) is 0 Å². The number of benzene rings is 2. The molecule has 1 aromatic heterocycles. The Morgan fingerprint density at radius 2 is 1.60 bits per heavy atom. The highest BCUT2D eigenvalue weighted by Crippen LogP contribution is 2.44. The third-order valence-corrected chi connectivity index (χ3v) is 5.68. The maximum absolute atomic E-state index is 12.5. The first kappa shape index (κ1) is 17.0. The average Bonchev–Trinajstić information content (AvgIpc) is 2.87. The van der Waals surface area contributed by atoms with E-state index >= 15 is 0 Å². The molecule has 0 atom stereocenters. The van der Waals surface area contributed by atoms with E-state index in [1.54, 1.807) is 24.3 Å². The molecular formula is C17H15N3O4S. The average molecular weight is 357 g/mol. The molecule has 2 heterocycles. The summed E-state index contributed by atoms with van der Waals surface area (Å²) in [6.07, 6.45) is 0. The number of sulfone groups is 1. The summed E-state index contributed by atoms with van der Waals surface area (Å²) < 4.78 is 25.1. The standard InChI is InChI=1S/C17H13N3O2S.H2O2/c1-11-6-9-17(20-19-11)18-12-7-8-16-14(10-12)13-4-2-3-5-15(13)23(16,21)22;1-2/h2-10H,1H3,(H,18,20);1-2H. The molecule has 2 aromatic carbocycles. The number of aryl methyl sites for hydroxylation is 1. The molecule has 0 radical (unpaired) electrons. The smallest absolute Gasteiger partial charge is 0.207 e. The third-order valence-electron chi connectivity index (χ3n) is 3.81. The molecule has 0 unspecified atom stereocenters. The topological polar surface area (TPSA) is 112 Å². The van der Waals surface area contributed by atoms with Crippen LogP contribution >= 0.6 is 0 Å². The molecule has 4 rings (SSSR count). The number of fused-ring (bicyclic) bond motifs is 3. The van der Waals surface area contributed by atoms with Crippen molar-refractivity contribution in [3.63, 3.8) is 0 Å². The summed E-state index contributed by atoms with van der Waals surface area (Å²) >= 11 is 0. The number of rotatable bonds is 2. The van der Waals surface area contributed by atoms with Crippen LogP contribution in [0.5, 0.6) is 0 Å². The van der Waals surface area contributed by atoms with Gasteiger partial charge in [-0.15, -0.1) is 5.10 Å². The summed E-state index contributed by atoms with van der Waals surface area (Å²) in [4.78, 5) is 0.710. The molecule has 1 aliphatic rings. The molecule has 0 spiro atoms. The van der Waals surface area contributed by atoms with Crippen molar-refractivity contribution < 1.29 is 18.9 Å². The van der Waals surface area contributed by atoms with Gasteiger partial charge in [0.05, 0.1) is 15.5 Å². The number of anilines is 2. The van der Waals surface area contributed by atoms with Crippen molar-refractivity contribution in [2.75, 3.05) is 5.32 Å². The lowest BCUT2D eigenvalue weighted by Crippen LogP contribution is -1.98. The van der Waals surface area contributed by atoms with Crippen LogP contribution in [0.25, 0.3) is 11.1 Å². The molecule has 25 heavy (non-hydrogen) atoms. The zero-order chi connectivity index (χ0) is 18.0. The summed E-state index contributed by atoms with van der Waals surface area (Å²) in [6, 6.07) is 16.0. The second-order valence-electron chi connectivity index (χ2n) is 5.40. The van der Waals surface area contributed by atoms with Crippen LogP contribution in [0.3, 0.4) is 0 Å². The Hall–Kier alpha value is -2.81. The van der Waals surface area contributed by atoms with Crippen molar-refractivity contribution in [1.29, 1.82) is 0 Å². The molecule has 0 saturated carbocycles. The fourth-order valence-electron chi connectivity index (χ4n) is 2.71. The van der Waals surface area contributed by atoms with Gasteiger partial charge in [-0.25, -0.2) is 8.42 Å². The maximum atomic E-state index is 12.5. The SMILES string of the molecule is Cc1ccc(Nc2ccc3c(c2)-c2ccccc2S3(=O)=O)nn1.OO. The zero-order valence-corrected chi connectivity index (χ0v) is 14.0. The van der Waals surface area contributed by atoms with E-state index in [1.165, 1.54) is 0 Å². The van der Waals surface area contributed by atoms with Gasteiger partial charge in [-0.05, 0) is 43.3 Å². The Kier molecular flexibility index (Phi) is 4.49. The predicted octanol–water partition coefficient (Wildman–Crippen LogP) is 3.36. The largest absolute Gasteiger partial charge is 0.339 e. The first-order chi connectivity index (χ1) is 12.1. The Morgan fingerprint density at radius 1 is 0.880 bits per heavy atom. The molecule has 1 aliphatic heterocycles. The minimum Gasteiger partial charge on any atom is -0.339 e. The number of hydrogen-bond acceptors (Lipinski definition) is 7. The third kappa shape index (κ3) is 2.98. The van der Waals surface area contributed by atoms with Crippen LogP contribution in [0.4, 0.5) is 11.5 Å². The minimum atomic E-state index is -3.42. The molecular weight excluding hydrogens is 342 g/mol. The van der Waals surface area contributed by atoms with E-state index in [1.807, 2.05) is 37.3 Å². The van der Waals surface area contributed by atoms with Crippen LogP contribution in [-0.4, -0.2) is 29.1 Å². The first-order valence-corrected chi connectivity index (χ1v) is 8.80. The van der Waals surface area contributed by atoms with Gasteiger partial charge < -0.3 is 5.32 Å². The Morgan fingerprint density at radius 3 is 2.32 bits per heavy atom. The van der Waals surface area contributed by atoms with Gasteiger partial charge in [0.2, 0.25) is 9.84 Å². The van der Waals surface area contributed by atoms with E-state index in [0.29, 0.717) is 21.2 Å². The molecule has 3 N–H and O–H groups in total. The van der Waals surface area contributed by atoms with Crippen LogP contribution in [0.15, 0.2) is 64.4 Å². The maximum Gasteiger partial charge on any atom is 0.207 e. The number of nitrogens with zero attached hydrogens (tertiary/aromatic N) is 2. The quantitative estimate of drug-likeness (QED) is 0.372. The lowest BCUT2D eigenvalue weighted by Gasteiger charge is -2.07. The van der Waals surface area contributed by atoms with Crippen LogP contribution in [0, 0.1) is 6.92 Å². The zero-order valence-electron chi connectivity index (χ0n) is 13.2. The van der Waals surface area contributed by atoms with Crippen molar-refractivity contribution in [3.05, 3.63) is 60.3 Å². The summed E-state index contributed by atoms with van der Waals surface area (Å²) in [5.74, 6) is 0.615. The number of hydrogen-bond donors (Lipinski definition) is 3. The molecule has 0 saturated heterocycles. The first-order valence-electron chi connectivity index (χ1n) is 7.31. The van der Waals surface area contributed by atoms with Gasteiger partial charge in [-0.2, -0.15) is 5.10 Å². The van der Waals surface area contributed by atoms with Gasteiger partial charge in [-0.1, -0.05) is 18.2 Å². The van der Waals surface area contributed by atoms with Gasteiger partial charge in [0, 0.05) is 16.8 Å². The second-order valence-corrected chi connectivity index (χ2v) is 7.28. The normalized spacial score (nSPS) is 13.2. The van der Waals surface area contributed by atoms with Gasteiger partial charge in [0.15, 0.2) is 5.82 Å². The van der Waals surface area contributed by atoms with E-state index in [4.69, 9.17) is 10.5 Å². The Labute approximate surface area is 144 Å². The highest BCUT2D eigenvalue weighted by atomic mass is 32.2. The lowest BCUT2D eigenvalue weighted by molar-refractivity contribution is -0.176. The summed E-state index contributed by atoms with van der Waals surface area (Å²) in [5, 5.41) is 23.2. The molecule has 0 bridgehead atoms. The Bertz CT molecular complexity index is 1020. The molecule has 3 aromatic rings. The van der Waals surface area contributed by atoms with E-state index in [0.717, 1.165) is 16.9 Å². The lowest BCUT2D eigenvalue weighted by atomic mass is 10.1. The van der Waals surface area contributed by atoms with E-state index in [9.17, 15) is 8.42 Å². The number of aromatic nitrogens is 2. The fourth-order valence-corrected chi connectivity index (χ4v) is 4.38. The van der Waals surface area contributed by atoms with Crippen LogP contribution in [-0.2, 0) is 9.84 Å². The summed E-state index contributed by atoms with van der Waals surface area (Å²) in [7, 11) is -3.42. The van der Waals surface area contributed by atoms with Crippen molar-refractivity contribution in [2.45, 2.75) is 16.7 Å². The van der Waals surface area contributed by atoms with Crippen LogP contribution < -0.4 is 5.32 Å². The molecule has 0 fully saturated rings. The highest BCUT2D eigenvalue weighted by Gasteiger charge is 2.32. The van der Waals surface area contributed by atoms with Crippen LogP contribution in [0.1, 0.15) is 5.69 Å². The van der Waals surface area contributed by atoms with E-state index < -0.39 is 9.84 Å². The van der Waals surface area contributed by atoms with E-state index in [-0.39, 0.29) is 0 Å². The minimum absolute atomic E-state index is 0.347. The fraction of sp³-hybridized carbons (Fsp3) is 0.0588. The second kappa shape index (κ2) is 6.60. The van der Waals surface area contributed by atoms with Crippen molar-refractivity contribution in [1.82, 2.24) is 10.2 Å². The Balaban J connectivity index is 0.000000880. The summed E-state index contributed by atoms with van der Waals surface area (Å²) in [6.45, 7) is 1.87.